The highest BCUT2D eigenvalue weighted by atomic mass is 32.1. The van der Waals surface area contributed by atoms with Gasteiger partial charge in [0.05, 0.1) is 35.6 Å². The number of nitriles is 1. The molecule has 0 aliphatic heterocycles. The number of hydrogen-bond donors (Lipinski definition) is 2. The molecule has 0 saturated heterocycles. The highest BCUT2D eigenvalue weighted by molar-refractivity contribution is 7.80. The number of nitrogens with one attached hydrogen (secondary N) is 1. The first kappa shape index (κ1) is 31.2. The van der Waals surface area contributed by atoms with Crippen LogP contribution in [-0.2, 0) is 30.5 Å². The first-order valence-electron chi connectivity index (χ1n) is 14.0. The number of ketones is 1. The average Bonchev–Trinajstić information content (AvgIpc) is 3.68. The molecule has 4 rings (SSSR count). The van der Waals surface area contributed by atoms with Gasteiger partial charge >= 0.3 is 6.18 Å². The molecule has 1 fully saturated rings. The van der Waals surface area contributed by atoms with E-state index in [2.05, 4.69) is 16.4 Å². The van der Waals surface area contributed by atoms with E-state index >= 15 is 0 Å². The van der Waals surface area contributed by atoms with Crippen LogP contribution in [0.1, 0.15) is 61.1 Å². The van der Waals surface area contributed by atoms with E-state index in [9.17, 15) is 18.0 Å². The number of benzene rings is 2. The second-order valence-electron chi connectivity index (χ2n) is 10.9. The van der Waals surface area contributed by atoms with Crippen LogP contribution in [0.15, 0.2) is 61.1 Å². The molecule has 0 radical (unpaired) electrons. The number of thiocarbonyl (C=S) groups is 1. The normalized spacial score (nSPS) is 15.4. The number of nitrogens with zero attached hydrogens (tertiary/aromatic N) is 4. The molecule has 2 aromatic carbocycles. The van der Waals surface area contributed by atoms with Crippen LogP contribution in [0.2, 0.25) is 0 Å². The van der Waals surface area contributed by atoms with Crippen molar-refractivity contribution in [3.63, 3.8) is 0 Å². The lowest BCUT2D eigenvalue weighted by Crippen LogP contribution is -2.56. The first-order valence-corrected chi connectivity index (χ1v) is 14.4. The summed E-state index contributed by atoms with van der Waals surface area (Å²) in [6.45, 7) is 4.16. The summed E-state index contributed by atoms with van der Waals surface area (Å²) in [7, 11) is 0. The Morgan fingerprint density at radius 2 is 1.93 bits per heavy atom. The lowest BCUT2D eigenvalue weighted by Gasteiger charge is -2.38. The zero-order chi connectivity index (χ0) is 30.4. The van der Waals surface area contributed by atoms with Crippen molar-refractivity contribution in [1.82, 2.24) is 19.8 Å². The molecule has 7 nitrogen and oxygen atoms in total. The Labute approximate surface area is 249 Å². The maximum Gasteiger partial charge on any atom is 0.416 e. The fraction of sp³-hybridized carbons (Fsp3) is 0.419. The van der Waals surface area contributed by atoms with Crippen molar-refractivity contribution in [3.8, 4) is 6.07 Å². The summed E-state index contributed by atoms with van der Waals surface area (Å²) in [6.07, 6.45) is 0.308. The number of nitrogens with two attached hydrogens (primary N) is 1. The number of carbonyl (C=O) groups is 1. The molecule has 1 aromatic heterocycles. The van der Waals surface area contributed by atoms with Gasteiger partial charge in [-0.1, -0.05) is 50.6 Å². The molecule has 1 unspecified atom stereocenters. The molecule has 3 N–H and O–H groups in total. The highest BCUT2D eigenvalue weighted by Gasteiger charge is 2.38. The molecule has 42 heavy (non-hydrogen) atoms. The van der Waals surface area contributed by atoms with Crippen molar-refractivity contribution in [1.29, 1.82) is 5.26 Å². The van der Waals surface area contributed by atoms with Crippen molar-refractivity contribution >= 4 is 23.1 Å². The van der Waals surface area contributed by atoms with Crippen LogP contribution < -0.4 is 11.1 Å². The molecule has 1 aliphatic rings. The number of alkyl halides is 3. The summed E-state index contributed by atoms with van der Waals surface area (Å²) < 4.78 is 43.4. The van der Waals surface area contributed by atoms with E-state index in [4.69, 9.17) is 23.2 Å². The monoisotopic (exact) mass is 596 g/mol. The van der Waals surface area contributed by atoms with Gasteiger partial charge in [0.15, 0.2) is 5.11 Å². The maximum atomic E-state index is 14.0. The second kappa shape index (κ2) is 13.5. The van der Waals surface area contributed by atoms with E-state index in [0.29, 0.717) is 24.2 Å². The SMILES string of the molecule is CC[C@H](C)[C@H](C(=O)Cc1cncn1Cc1ccc(C#N)cc1)C(N)N(Cc1ccccc1C(F)(F)F)C(=S)NC1CC1. The summed E-state index contributed by atoms with van der Waals surface area (Å²) in [6, 6.07) is 14.8. The van der Waals surface area contributed by atoms with Gasteiger partial charge in [-0.05, 0) is 60.3 Å². The van der Waals surface area contributed by atoms with Crippen molar-refractivity contribution in [3.05, 3.63) is 89.0 Å². The standard InChI is InChI=1S/C31H35F3N6OS/c1-3-20(2)28(27(41)14-25-16-37-19-39(25)17-22-10-8-21(15-35)9-11-22)29(36)40(30(42)38-24-12-13-24)18-23-6-4-5-7-26(23)31(32,33)34/h4-11,16,19-20,24,28-29H,3,12-14,17-18,36H2,1-2H3,(H,38,42)/t20-,28+,29?/m0/s1. The summed E-state index contributed by atoms with van der Waals surface area (Å²) >= 11 is 5.67. The second-order valence-corrected chi connectivity index (χ2v) is 11.3. The third kappa shape index (κ3) is 7.75. The minimum absolute atomic E-state index is 0.0382. The molecule has 222 valence electrons. The fourth-order valence-corrected chi connectivity index (χ4v) is 5.38. The number of aromatic nitrogens is 2. The Morgan fingerprint density at radius 3 is 2.55 bits per heavy atom. The Kier molecular flexibility index (Phi) is 10.0. The van der Waals surface area contributed by atoms with Gasteiger partial charge in [0, 0.05) is 37.4 Å². The van der Waals surface area contributed by atoms with Gasteiger partial charge in [-0.15, -0.1) is 0 Å². The molecule has 1 heterocycles. The number of hydrogen-bond acceptors (Lipinski definition) is 5. The predicted molar refractivity (Wildman–Crippen MR) is 158 cm³/mol. The van der Waals surface area contributed by atoms with Gasteiger partial charge in [-0.25, -0.2) is 4.98 Å². The van der Waals surface area contributed by atoms with Crippen LogP contribution in [0, 0.1) is 23.2 Å². The van der Waals surface area contributed by atoms with Crippen molar-refractivity contribution in [2.45, 2.75) is 71.0 Å². The Morgan fingerprint density at radius 1 is 1.24 bits per heavy atom. The van der Waals surface area contributed by atoms with Gasteiger partial charge in [-0.3, -0.25) is 4.79 Å². The van der Waals surface area contributed by atoms with E-state index in [1.54, 1.807) is 35.6 Å². The van der Waals surface area contributed by atoms with Gasteiger partial charge in [0.2, 0.25) is 0 Å². The van der Waals surface area contributed by atoms with Gasteiger partial charge in [0.1, 0.15) is 5.78 Å². The van der Waals surface area contributed by atoms with Crippen molar-refractivity contribution < 1.29 is 18.0 Å². The van der Waals surface area contributed by atoms with Gasteiger partial charge < -0.3 is 20.5 Å². The molecule has 11 heteroatoms. The largest absolute Gasteiger partial charge is 0.416 e. The Bertz CT molecular complexity index is 1430. The smallest absolute Gasteiger partial charge is 0.360 e. The van der Waals surface area contributed by atoms with Gasteiger partial charge in [0.25, 0.3) is 0 Å². The summed E-state index contributed by atoms with van der Waals surface area (Å²) in [5.74, 6) is -1.00. The van der Waals surface area contributed by atoms with E-state index in [1.807, 2.05) is 30.5 Å². The van der Waals surface area contributed by atoms with Crippen LogP contribution in [0.25, 0.3) is 0 Å². The topological polar surface area (TPSA) is 100.0 Å². The van der Waals surface area contributed by atoms with Crippen molar-refractivity contribution in [2.24, 2.45) is 17.6 Å². The predicted octanol–water partition coefficient (Wildman–Crippen LogP) is 5.42. The fourth-order valence-electron chi connectivity index (χ4n) is 5.02. The van der Waals surface area contributed by atoms with Gasteiger partial charge in [-0.2, -0.15) is 18.4 Å². The molecule has 1 aliphatic carbocycles. The molecule has 3 aromatic rings. The highest BCUT2D eigenvalue weighted by Crippen LogP contribution is 2.33. The van der Waals surface area contributed by atoms with Crippen LogP contribution in [0.5, 0.6) is 0 Å². The van der Waals surface area contributed by atoms with E-state index in [1.165, 1.54) is 12.1 Å². The summed E-state index contributed by atoms with van der Waals surface area (Å²) in [4.78, 5) is 19.7. The Hall–Kier alpha value is -3.75. The number of Topliss-reactive ketones (excluding diaryl/α,β-unsaturated/α-hetero) is 1. The minimum Gasteiger partial charge on any atom is -0.360 e. The third-order valence-corrected chi connectivity index (χ3v) is 8.13. The molecular formula is C31H35F3N6OS. The lowest BCUT2D eigenvalue weighted by atomic mass is 9.83. The summed E-state index contributed by atoms with van der Waals surface area (Å²) in [5, 5.41) is 12.5. The number of carbonyl (C=O) groups excluding carboxylic acids is 1. The molecular weight excluding hydrogens is 561 g/mol. The molecule has 0 amide bonds. The van der Waals surface area contributed by atoms with Crippen molar-refractivity contribution in [2.75, 3.05) is 0 Å². The minimum atomic E-state index is -4.54. The molecule has 0 bridgehead atoms. The van der Waals surface area contributed by atoms with E-state index < -0.39 is 23.8 Å². The van der Waals surface area contributed by atoms with Crippen LogP contribution in [0.3, 0.4) is 0 Å². The average molecular weight is 597 g/mol. The first-order chi connectivity index (χ1) is 20.0. The van der Waals surface area contributed by atoms with Crippen LogP contribution >= 0.6 is 12.2 Å². The quantitative estimate of drug-likeness (QED) is 0.213. The number of imidazole rings is 1. The maximum absolute atomic E-state index is 14.0. The van der Waals surface area contributed by atoms with Crippen LogP contribution in [-0.4, -0.2) is 37.6 Å². The third-order valence-electron chi connectivity index (χ3n) is 7.78. The lowest BCUT2D eigenvalue weighted by molar-refractivity contribution is -0.138. The van der Waals surface area contributed by atoms with E-state index in [-0.39, 0.29) is 41.4 Å². The Balaban J connectivity index is 1.59. The zero-order valence-electron chi connectivity index (χ0n) is 23.6. The number of halogens is 3. The zero-order valence-corrected chi connectivity index (χ0v) is 24.5. The number of rotatable bonds is 12. The summed E-state index contributed by atoms with van der Waals surface area (Å²) in [5.41, 5.74) is 8.29. The molecule has 3 atom stereocenters. The van der Waals surface area contributed by atoms with Crippen LogP contribution in [0.4, 0.5) is 13.2 Å². The molecule has 1 saturated carbocycles. The van der Waals surface area contributed by atoms with E-state index in [0.717, 1.165) is 24.5 Å². The molecule has 0 spiro atoms.